The third-order valence-corrected chi connectivity index (χ3v) is 6.43. The van der Waals surface area contributed by atoms with Crippen molar-refractivity contribution >= 4 is 11.8 Å². The molecule has 0 aliphatic carbocycles. The Morgan fingerprint density at radius 3 is 2.18 bits per heavy atom. The number of nitrogens with zero attached hydrogens (tertiary/aromatic N) is 2. The molecule has 0 spiro atoms. The standard InChI is InChI=1S/C24H28N2O2/c1-25-17-19(13-14-22(25)27)23(28)26-16-8-15-24(18-26,20-9-4-2-5-10-20)21-11-6-3-7-12-21/h2-7,9-12,19H,8,13-18H2,1H3. The molecule has 0 aromatic heterocycles. The van der Waals surface area contributed by atoms with Crippen LogP contribution in [0.3, 0.4) is 0 Å². The first-order chi connectivity index (χ1) is 13.6. The highest BCUT2D eigenvalue weighted by atomic mass is 16.2. The molecule has 2 fully saturated rings. The molecule has 2 amide bonds. The van der Waals surface area contributed by atoms with E-state index in [1.807, 2.05) is 12.1 Å². The van der Waals surface area contributed by atoms with Crippen molar-refractivity contribution in [3.63, 3.8) is 0 Å². The summed E-state index contributed by atoms with van der Waals surface area (Å²) in [6.07, 6.45) is 3.16. The van der Waals surface area contributed by atoms with Crippen LogP contribution in [-0.4, -0.2) is 48.3 Å². The number of piperidine rings is 2. The molecule has 2 aromatic carbocycles. The minimum Gasteiger partial charge on any atom is -0.345 e. The minimum absolute atomic E-state index is 0.0787. The monoisotopic (exact) mass is 376 g/mol. The average Bonchev–Trinajstić information content (AvgIpc) is 2.76. The van der Waals surface area contributed by atoms with Gasteiger partial charge >= 0.3 is 0 Å². The molecule has 1 atom stereocenters. The molecular weight excluding hydrogens is 348 g/mol. The van der Waals surface area contributed by atoms with E-state index in [2.05, 4.69) is 53.4 Å². The zero-order valence-corrected chi connectivity index (χ0v) is 16.5. The minimum atomic E-state index is -0.174. The van der Waals surface area contributed by atoms with Crippen molar-refractivity contribution in [2.45, 2.75) is 31.1 Å². The van der Waals surface area contributed by atoms with Gasteiger partial charge in [0.2, 0.25) is 11.8 Å². The first-order valence-electron chi connectivity index (χ1n) is 10.2. The van der Waals surface area contributed by atoms with Crippen molar-refractivity contribution in [3.8, 4) is 0 Å². The molecule has 2 heterocycles. The van der Waals surface area contributed by atoms with Crippen LogP contribution in [0.1, 0.15) is 36.8 Å². The molecule has 0 radical (unpaired) electrons. The molecular formula is C24H28N2O2. The molecule has 0 bridgehead atoms. The molecule has 0 N–H and O–H groups in total. The van der Waals surface area contributed by atoms with E-state index < -0.39 is 0 Å². The van der Waals surface area contributed by atoms with Gasteiger partial charge in [-0.1, -0.05) is 60.7 Å². The second-order valence-electron chi connectivity index (χ2n) is 8.19. The maximum absolute atomic E-state index is 13.3. The second-order valence-corrected chi connectivity index (χ2v) is 8.19. The van der Waals surface area contributed by atoms with Crippen LogP contribution < -0.4 is 0 Å². The Hall–Kier alpha value is -2.62. The Kier molecular flexibility index (Phi) is 5.21. The summed E-state index contributed by atoms with van der Waals surface area (Å²) in [5, 5.41) is 0. The number of likely N-dealkylation sites (tertiary alicyclic amines) is 2. The zero-order valence-electron chi connectivity index (χ0n) is 16.5. The summed E-state index contributed by atoms with van der Waals surface area (Å²) in [4.78, 5) is 28.9. The molecule has 1 unspecified atom stereocenters. The van der Waals surface area contributed by atoms with Crippen molar-refractivity contribution in [3.05, 3.63) is 71.8 Å². The van der Waals surface area contributed by atoms with E-state index in [0.717, 1.165) is 19.4 Å². The van der Waals surface area contributed by atoms with Gasteiger partial charge in [0.1, 0.15) is 0 Å². The second kappa shape index (κ2) is 7.78. The summed E-state index contributed by atoms with van der Waals surface area (Å²) in [5.41, 5.74) is 2.37. The van der Waals surface area contributed by atoms with Crippen LogP contribution in [0.4, 0.5) is 0 Å². The summed E-state index contributed by atoms with van der Waals surface area (Å²) >= 11 is 0. The predicted octanol–water partition coefficient (Wildman–Crippen LogP) is 3.46. The Bertz CT molecular complexity index is 795. The van der Waals surface area contributed by atoms with Crippen LogP contribution in [0.2, 0.25) is 0 Å². The van der Waals surface area contributed by atoms with E-state index in [9.17, 15) is 9.59 Å². The number of amides is 2. The average molecular weight is 377 g/mol. The summed E-state index contributed by atoms with van der Waals surface area (Å²) in [6.45, 7) is 2.04. The van der Waals surface area contributed by atoms with E-state index in [0.29, 0.717) is 25.9 Å². The van der Waals surface area contributed by atoms with Crippen LogP contribution in [0.15, 0.2) is 60.7 Å². The van der Waals surface area contributed by atoms with Crippen molar-refractivity contribution in [2.24, 2.45) is 5.92 Å². The molecule has 2 aromatic rings. The molecule has 4 heteroatoms. The molecule has 2 saturated heterocycles. The smallest absolute Gasteiger partial charge is 0.227 e. The van der Waals surface area contributed by atoms with E-state index in [4.69, 9.17) is 0 Å². The lowest BCUT2D eigenvalue weighted by atomic mass is 9.69. The molecule has 28 heavy (non-hydrogen) atoms. The van der Waals surface area contributed by atoms with E-state index in [1.54, 1.807) is 11.9 Å². The summed E-state index contributed by atoms with van der Waals surface area (Å²) in [6, 6.07) is 21.2. The van der Waals surface area contributed by atoms with Gasteiger partial charge < -0.3 is 9.80 Å². The van der Waals surface area contributed by atoms with Gasteiger partial charge in [0.05, 0.1) is 5.92 Å². The number of rotatable bonds is 3. The topological polar surface area (TPSA) is 40.6 Å². The number of hydrogen-bond acceptors (Lipinski definition) is 2. The van der Waals surface area contributed by atoms with E-state index >= 15 is 0 Å². The fourth-order valence-electron chi connectivity index (χ4n) is 4.87. The lowest BCUT2D eigenvalue weighted by Gasteiger charge is -2.45. The van der Waals surface area contributed by atoms with Crippen LogP contribution in [0, 0.1) is 5.92 Å². The maximum atomic E-state index is 13.3. The van der Waals surface area contributed by atoms with Crippen LogP contribution in [0.25, 0.3) is 0 Å². The maximum Gasteiger partial charge on any atom is 0.227 e. The van der Waals surface area contributed by atoms with Gasteiger partial charge in [0.15, 0.2) is 0 Å². The quantitative estimate of drug-likeness (QED) is 0.823. The Morgan fingerprint density at radius 2 is 1.61 bits per heavy atom. The molecule has 2 aliphatic rings. The van der Waals surface area contributed by atoms with Crippen LogP contribution in [0.5, 0.6) is 0 Å². The van der Waals surface area contributed by atoms with Gasteiger partial charge in [-0.15, -0.1) is 0 Å². The molecule has 4 rings (SSSR count). The fourth-order valence-corrected chi connectivity index (χ4v) is 4.87. The SMILES string of the molecule is CN1CC(C(=O)N2CCCC(c3ccccc3)(c3ccccc3)C2)CCC1=O. The highest BCUT2D eigenvalue weighted by Crippen LogP contribution is 2.40. The lowest BCUT2D eigenvalue weighted by molar-refractivity contribution is -0.143. The van der Waals surface area contributed by atoms with Crippen molar-refractivity contribution < 1.29 is 9.59 Å². The van der Waals surface area contributed by atoms with Crippen LogP contribution in [-0.2, 0) is 15.0 Å². The van der Waals surface area contributed by atoms with Gasteiger partial charge in [0, 0.05) is 38.5 Å². The Balaban J connectivity index is 1.64. The molecule has 0 saturated carbocycles. The number of carbonyl (C=O) groups excluding carboxylic acids is 2. The Labute approximate surface area is 167 Å². The van der Waals surface area contributed by atoms with Gasteiger partial charge in [-0.3, -0.25) is 9.59 Å². The van der Waals surface area contributed by atoms with Crippen molar-refractivity contribution in [1.82, 2.24) is 9.80 Å². The number of carbonyl (C=O) groups is 2. The molecule has 4 nitrogen and oxygen atoms in total. The molecule has 2 aliphatic heterocycles. The largest absolute Gasteiger partial charge is 0.345 e. The van der Waals surface area contributed by atoms with E-state index in [-0.39, 0.29) is 23.1 Å². The summed E-state index contributed by atoms with van der Waals surface area (Å²) in [7, 11) is 1.80. The van der Waals surface area contributed by atoms with Crippen molar-refractivity contribution in [1.29, 1.82) is 0 Å². The zero-order chi connectivity index (χ0) is 19.6. The normalized spacial score (nSPS) is 22.2. The summed E-state index contributed by atoms with van der Waals surface area (Å²) in [5.74, 6) is 0.269. The van der Waals surface area contributed by atoms with Crippen LogP contribution >= 0.6 is 0 Å². The highest BCUT2D eigenvalue weighted by molar-refractivity contribution is 5.84. The van der Waals surface area contributed by atoms with Crippen molar-refractivity contribution in [2.75, 3.05) is 26.7 Å². The number of benzene rings is 2. The lowest BCUT2D eigenvalue weighted by Crippen LogP contribution is -2.53. The van der Waals surface area contributed by atoms with Gasteiger partial charge in [-0.25, -0.2) is 0 Å². The highest BCUT2D eigenvalue weighted by Gasteiger charge is 2.42. The van der Waals surface area contributed by atoms with Gasteiger partial charge in [0.25, 0.3) is 0 Å². The predicted molar refractivity (Wildman–Crippen MR) is 110 cm³/mol. The van der Waals surface area contributed by atoms with Gasteiger partial charge in [-0.05, 0) is 30.4 Å². The fraction of sp³-hybridized carbons (Fsp3) is 0.417. The first kappa shape index (κ1) is 18.7. The van der Waals surface area contributed by atoms with E-state index in [1.165, 1.54) is 11.1 Å². The molecule has 146 valence electrons. The Morgan fingerprint density at radius 1 is 1.00 bits per heavy atom. The third kappa shape index (κ3) is 3.44. The summed E-state index contributed by atoms with van der Waals surface area (Å²) < 4.78 is 0. The third-order valence-electron chi connectivity index (χ3n) is 6.43. The van der Waals surface area contributed by atoms with Gasteiger partial charge in [-0.2, -0.15) is 0 Å². The first-order valence-corrected chi connectivity index (χ1v) is 10.2. The number of hydrogen-bond donors (Lipinski definition) is 0.